The van der Waals surface area contributed by atoms with Crippen molar-refractivity contribution >= 4 is 47.4 Å². The van der Waals surface area contributed by atoms with Gasteiger partial charge >= 0.3 is 6.09 Å². The minimum absolute atomic E-state index is 0.222. The maximum Gasteiger partial charge on any atom is 0.410 e. The third-order valence-electron chi connectivity index (χ3n) is 9.49. The molecule has 4 heterocycles. The normalized spacial score (nSPS) is 16.1. The molecular formula is C37H51N10O4P. The molecule has 2 aliphatic heterocycles. The van der Waals surface area contributed by atoms with Crippen LogP contribution in [-0.4, -0.2) is 112 Å². The number of carbonyl (C=O) groups is 1. The number of carbonyl (C=O) groups excluding carboxylic acids is 1. The zero-order valence-electron chi connectivity index (χ0n) is 31.3. The third-order valence-corrected chi connectivity index (χ3v) is 11.0. The van der Waals surface area contributed by atoms with E-state index in [1.807, 2.05) is 49.9 Å². The number of para-hydroxylation sites is 1. The summed E-state index contributed by atoms with van der Waals surface area (Å²) >= 11 is 0. The molecule has 52 heavy (non-hydrogen) atoms. The summed E-state index contributed by atoms with van der Waals surface area (Å²) in [6.45, 7) is 16.4. The monoisotopic (exact) mass is 730 g/mol. The first-order chi connectivity index (χ1) is 24.8. The van der Waals surface area contributed by atoms with Crippen molar-refractivity contribution in [1.29, 1.82) is 0 Å². The van der Waals surface area contributed by atoms with E-state index in [1.165, 1.54) is 11.3 Å². The lowest BCUT2D eigenvalue weighted by molar-refractivity contribution is 0.00901. The van der Waals surface area contributed by atoms with E-state index >= 15 is 0 Å². The molecule has 14 nitrogen and oxygen atoms in total. The lowest BCUT2D eigenvalue weighted by Crippen LogP contribution is -2.55. The van der Waals surface area contributed by atoms with E-state index in [-0.39, 0.29) is 6.09 Å². The van der Waals surface area contributed by atoms with Gasteiger partial charge in [0.2, 0.25) is 5.95 Å². The number of hydrogen-bond donors (Lipinski definition) is 2. The number of nitrogens with zero attached hydrogens (tertiary/aromatic N) is 8. The second-order valence-corrected chi connectivity index (χ2v) is 17.8. The summed E-state index contributed by atoms with van der Waals surface area (Å²) in [5.74, 6) is 1.53. The first-order valence-corrected chi connectivity index (χ1v) is 20.5. The lowest BCUT2D eigenvalue weighted by atomic mass is 9.99. The van der Waals surface area contributed by atoms with Crippen LogP contribution < -0.4 is 25.6 Å². The van der Waals surface area contributed by atoms with Gasteiger partial charge in [-0.3, -0.25) is 4.90 Å². The lowest BCUT2D eigenvalue weighted by Gasteiger charge is -2.43. The summed E-state index contributed by atoms with van der Waals surface area (Å²) in [7, 11) is -0.918. The van der Waals surface area contributed by atoms with E-state index in [9.17, 15) is 9.36 Å². The van der Waals surface area contributed by atoms with Gasteiger partial charge in [0.1, 0.15) is 24.2 Å². The molecule has 2 saturated heterocycles. The minimum atomic E-state index is -2.59. The van der Waals surface area contributed by atoms with E-state index in [4.69, 9.17) is 14.5 Å². The Kier molecular flexibility index (Phi) is 11.1. The third kappa shape index (κ3) is 8.67. The number of benzene rings is 2. The Morgan fingerprint density at radius 2 is 1.71 bits per heavy atom. The summed E-state index contributed by atoms with van der Waals surface area (Å²) in [4.78, 5) is 28.9. The fraction of sp³-hybridized carbons (Fsp3) is 0.486. The number of nitrogens with one attached hydrogen (secondary N) is 2. The fourth-order valence-electron chi connectivity index (χ4n) is 6.86. The maximum absolute atomic E-state index is 13.1. The van der Waals surface area contributed by atoms with Crippen LogP contribution >= 0.6 is 7.14 Å². The molecule has 2 aromatic carbocycles. The van der Waals surface area contributed by atoms with Gasteiger partial charge in [0.05, 0.1) is 37.1 Å². The highest BCUT2D eigenvalue weighted by molar-refractivity contribution is 7.70. The van der Waals surface area contributed by atoms with Crippen molar-refractivity contribution in [1.82, 2.24) is 34.8 Å². The fourth-order valence-corrected chi connectivity index (χ4v) is 8.01. The number of hydrogen-bond acceptors (Lipinski definition) is 12. The Balaban J connectivity index is 1.17. The predicted octanol–water partition coefficient (Wildman–Crippen LogP) is 5.89. The van der Waals surface area contributed by atoms with Crippen molar-refractivity contribution < 1.29 is 18.8 Å². The van der Waals surface area contributed by atoms with Gasteiger partial charge in [-0.25, -0.2) is 14.5 Å². The highest BCUT2D eigenvalue weighted by Crippen LogP contribution is 2.40. The first kappa shape index (κ1) is 37.1. The molecule has 278 valence electrons. The molecule has 4 aromatic rings. The molecule has 2 N–H and O–H groups in total. The number of piperidine rings is 1. The molecule has 0 bridgehead atoms. The molecule has 0 atom stereocenters. The topological polar surface area (TPSA) is 143 Å². The molecule has 2 aromatic heterocycles. The van der Waals surface area contributed by atoms with Gasteiger partial charge in [0, 0.05) is 62.4 Å². The molecule has 0 aliphatic carbocycles. The maximum atomic E-state index is 13.1. The van der Waals surface area contributed by atoms with Gasteiger partial charge in [-0.05, 0) is 77.1 Å². The number of rotatable bonds is 10. The number of aromatic nitrogens is 5. The van der Waals surface area contributed by atoms with E-state index in [2.05, 4.69) is 54.8 Å². The Bertz CT molecular complexity index is 1890. The van der Waals surface area contributed by atoms with Crippen molar-refractivity contribution in [3.05, 3.63) is 60.6 Å². The van der Waals surface area contributed by atoms with Gasteiger partial charge in [0.25, 0.3) is 0 Å². The Morgan fingerprint density at radius 3 is 2.35 bits per heavy atom. The largest absolute Gasteiger partial charge is 0.494 e. The molecule has 0 unspecified atom stereocenters. The van der Waals surface area contributed by atoms with Crippen LogP contribution in [0.15, 0.2) is 55.0 Å². The highest BCUT2D eigenvalue weighted by Gasteiger charge is 2.31. The van der Waals surface area contributed by atoms with Gasteiger partial charge in [-0.1, -0.05) is 24.3 Å². The molecule has 0 saturated carbocycles. The number of ether oxygens (including phenoxy) is 2. The molecule has 0 spiro atoms. The predicted molar refractivity (Wildman–Crippen MR) is 206 cm³/mol. The summed E-state index contributed by atoms with van der Waals surface area (Å²) in [6, 6.07) is 12.3. The molecule has 2 fully saturated rings. The highest BCUT2D eigenvalue weighted by atomic mass is 31.2. The molecule has 0 radical (unpaired) electrons. The van der Waals surface area contributed by atoms with Crippen LogP contribution in [0.3, 0.4) is 0 Å². The standard InChI is InChI=1S/C37H51N10O4P/c1-8-26-23-29(41-35-38-25-31(47-18-15-39-43-47)34(42-35)40-28-11-9-10-12-33(28)52(6,7)49)32(50-5)24-30(26)45-16-13-27(14-17-45)44-19-21-46(22-20-44)36(48)51-37(2,3)4/h9-12,15,18,23-25,27H,8,13-14,16-17,19-22H2,1-7H3,(H2,38,40,41,42). The number of aryl methyl sites for hydroxylation is 1. The smallest absolute Gasteiger partial charge is 0.410 e. The van der Waals surface area contributed by atoms with E-state index in [1.54, 1.807) is 43.7 Å². The Labute approximate surface area is 306 Å². The number of piperazine rings is 1. The van der Waals surface area contributed by atoms with Crippen LogP contribution in [-0.2, 0) is 15.7 Å². The first-order valence-electron chi connectivity index (χ1n) is 17.9. The van der Waals surface area contributed by atoms with E-state index < -0.39 is 12.7 Å². The molecular weight excluding hydrogens is 679 g/mol. The van der Waals surface area contributed by atoms with Crippen LogP contribution in [0.1, 0.15) is 46.1 Å². The molecule has 1 amide bonds. The second-order valence-electron chi connectivity index (χ2n) is 14.6. The van der Waals surface area contributed by atoms with Crippen molar-refractivity contribution in [2.24, 2.45) is 0 Å². The van der Waals surface area contributed by atoms with Gasteiger partial charge in [-0.15, -0.1) is 5.10 Å². The van der Waals surface area contributed by atoms with Crippen LogP contribution in [0.5, 0.6) is 5.75 Å². The molecule has 2 aliphatic rings. The number of amides is 1. The van der Waals surface area contributed by atoms with Gasteiger partial charge in [-0.2, -0.15) is 4.98 Å². The van der Waals surface area contributed by atoms with Crippen LogP contribution in [0, 0.1) is 0 Å². The second kappa shape index (κ2) is 15.5. The number of methoxy groups -OCH3 is 1. The molecule has 6 rings (SSSR count). The quantitative estimate of drug-likeness (QED) is 0.188. The average Bonchev–Trinajstić information content (AvgIpc) is 3.66. The van der Waals surface area contributed by atoms with Crippen LogP contribution in [0.2, 0.25) is 0 Å². The molecule has 15 heteroatoms. The zero-order valence-corrected chi connectivity index (χ0v) is 32.2. The summed E-state index contributed by atoms with van der Waals surface area (Å²) in [6.07, 6.45) is 7.70. The summed E-state index contributed by atoms with van der Waals surface area (Å²) in [5.41, 5.74) is 3.92. The van der Waals surface area contributed by atoms with Crippen LogP contribution in [0.25, 0.3) is 5.69 Å². The SMILES string of the molecule is CCc1cc(Nc2ncc(-n3ccnn3)c(Nc3ccccc3P(C)(C)=O)n2)c(OC)cc1N1CCC(N2CCN(C(=O)OC(C)(C)C)CC2)CC1. The number of anilines is 5. The van der Waals surface area contributed by atoms with E-state index in [0.717, 1.165) is 56.4 Å². The Morgan fingerprint density at radius 1 is 0.981 bits per heavy atom. The minimum Gasteiger partial charge on any atom is -0.494 e. The average molecular weight is 731 g/mol. The van der Waals surface area contributed by atoms with Crippen LogP contribution in [0.4, 0.5) is 33.6 Å². The van der Waals surface area contributed by atoms with E-state index in [0.29, 0.717) is 48.0 Å². The van der Waals surface area contributed by atoms with Gasteiger partial charge < -0.3 is 34.5 Å². The van der Waals surface area contributed by atoms with Gasteiger partial charge in [0.15, 0.2) is 5.82 Å². The Hall–Kier alpha value is -4.68. The van der Waals surface area contributed by atoms with Crippen molar-refractivity contribution in [3.63, 3.8) is 0 Å². The zero-order chi connectivity index (χ0) is 37.0. The van der Waals surface area contributed by atoms with Crippen molar-refractivity contribution in [2.45, 2.75) is 58.6 Å². The summed E-state index contributed by atoms with van der Waals surface area (Å²) < 4.78 is 26.2. The summed E-state index contributed by atoms with van der Waals surface area (Å²) in [5, 5.41) is 15.6. The van der Waals surface area contributed by atoms with Crippen molar-refractivity contribution in [2.75, 3.05) is 75.2 Å². The van der Waals surface area contributed by atoms with Crippen molar-refractivity contribution in [3.8, 4) is 11.4 Å².